The van der Waals surface area contributed by atoms with Gasteiger partial charge < -0.3 is 5.32 Å². The summed E-state index contributed by atoms with van der Waals surface area (Å²) in [5.41, 5.74) is 0.701. The quantitative estimate of drug-likeness (QED) is 0.808. The maximum atomic E-state index is 12.0. The SMILES string of the molecule is Cc1ccc(S(=O)(=O)NCC2CCNCC2)nn1. The third-order valence-electron chi connectivity index (χ3n) is 3.07. The van der Waals surface area contributed by atoms with Gasteiger partial charge in [0.25, 0.3) is 10.0 Å². The average Bonchev–Trinajstić information content (AvgIpc) is 2.38. The smallest absolute Gasteiger partial charge is 0.259 e. The van der Waals surface area contributed by atoms with E-state index in [0.29, 0.717) is 18.2 Å². The molecular weight excluding hydrogens is 252 g/mol. The van der Waals surface area contributed by atoms with E-state index in [-0.39, 0.29) is 5.03 Å². The molecule has 2 rings (SSSR count). The Bertz CT molecular complexity index is 480. The number of aromatic nitrogens is 2. The fourth-order valence-electron chi connectivity index (χ4n) is 1.92. The van der Waals surface area contributed by atoms with E-state index in [2.05, 4.69) is 20.2 Å². The number of rotatable bonds is 4. The van der Waals surface area contributed by atoms with Crippen molar-refractivity contribution in [1.29, 1.82) is 0 Å². The van der Waals surface area contributed by atoms with E-state index in [4.69, 9.17) is 0 Å². The second-order valence-corrected chi connectivity index (χ2v) is 6.27. The molecule has 1 fully saturated rings. The third kappa shape index (κ3) is 3.47. The molecule has 0 aliphatic carbocycles. The van der Waals surface area contributed by atoms with Gasteiger partial charge in [0.15, 0.2) is 5.03 Å². The molecule has 1 aromatic heterocycles. The third-order valence-corrected chi connectivity index (χ3v) is 4.38. The molecule has 6 nitrogen and oxygen atoms in total. The first-order chi connectivity index (χ1) is 8.58. The Morgan fingerprint density at radius 2 is 2.06 bits per heavy atom. The predicted molar refractivity (Wildman–Crippen MR) is 67.6 cm³/mol. The van der Waals surface area contributed by atoms with Gasteiger partial charge in [-0.1, -0.05) is 0 Å². The van der Waals surface area contributed by atoms with Crippen LogP contribution in [0, 0.1) is 12.8 Å². The van der Waals surface area contributed by atoms with Gasteiger partial charge in [0.1, 0.15) is 0 Å². The summed E-state index contributed by atoms with van der Waals surface area (Å²) in [5, 5.41) is 10.7. The number of nitrogens with one attached hydrogen (secondary N) is 2. The molecule has 2 N–H and O–H groups in total. The maximum Gasteiger partial charge on any atom is 0.259 e. The topological polar surface area (TPSA) is 84.0 Å². The van der Waals surface area contributed by atoms with Gasteiger partial charge >= 0.3 is 0 Å². The number of piperidine rings is 1. The number of nitrogens with zero attached hydrogens (tertiary/aromatic N) is 2. The minimum atomic E-state index is -3.52. The number of hydrogen-bond donors (Lipinski definition) is 2. The van der Waals surface area contributed by atoms with Gasteiger partial charge in [0.05, 0.1) is 5.69 Å². The molecule has 1 saturated heterocycles. The van der Waals surface area contributed by atoms with E-state index >= 15 is 0 Å². The van der Waals surface area contributed by atoms with E-state index in [1.54, 1.807) is 13.0 Å². The summed E-state index contributed by atoms with van der Waals surface area (Å²) in [6.45, 7) is 4.15. The highest BCUT2D eigenvalue weighted by Crippen LogP contribution is 2.11. The normalized spacial score (nSPS) is 17.8. The zero-order chi connectivity index (χ0) is 13.0. The number of aryl methyl sites for hydroxylation is 1. The molecule has 1 aromatic rings. The van der Waals surface area contributed by atoms with Crippen molar-refractivity contribution in [3.63, 3.8) is 0 Å². The molecule has 1 aliphatic heterocycles. The van der Waals surface area contributed by atoms with Crippen LogP contribution >= 0.6 is 0 Å². The van der Waals surface area contributed by atoms with E-state index in [9.17, 15) is 8.42 Å². The zero-order valence-electron chi connectivity index (χ0n) is 10.4. The predicted octanol–water partition coefficient (Wildman–Crippen LogP) is 0.0629. The lowest BCUT2D eigenvalue weighted by Gasteiger charge is -2.22. The summed E-state index contributed by atoms with van der Waals surface area (Å²) < 4.78 is 26.5. The first-order valence-electron chi connectivity index (χ1n) is 6.08. The summed E-state index contributed by atoms with van der Waals surface area (Å²) >= 11 is 0. The highest BCUT2D eigenvalue weighted by atomic mass is 32.2. The summed E-state index contributed by atoms with van der Waals surface area (Å²) in [6.07, 6.45) is 2.00. The van der Waals surface area contributed by atoms with Crippen molar-refractivity contribution < 1.29 is 8.42 Å². The van der Waals surface area contributed by atoms with Crippen LogP contribution in [0.5, 0.6) is 0 Å². The van der Waals surface area contributed by atoms with Crippen LogP contribution in [0.3, 0.4) is 0 Å². The minimum absolute atomic E-state index is 0.0120. The summed E-state index contributed by atoms with van der Waals surface area (Å²) in [7, 11) is -3.52. The van der Waals surface area contributed by atoms with Gasteiger partial charge in [-0.3, -0.25) is 0 Å². The van der Waals surface area contributed by atoms with E-state index < -0.39 is 10.0 Å². The number of sulfonamides is 1. The number of hydrogen-bond acceptors (Lipinski definition) is 5. The summed E-state index contributed by atoms with van der Waals surface area (Å²) in [6, 6.07) is 3.12. The monoisotopic (exact) mass is 270 g/mol. The van der Waals surface area contributed by atoms with Crippen LogP contribution in [0.2, 0.25) is 0 Å². The standard InChI is InChI=1S/C11H18N4O2S/c1-9-2-3-11(15-14-9)18(16,17)13-8-10-4-6-12-7-5-10/h2-3,10,12-13H,4-8H2,1H3. The van der Waals surface area contributed by atoms with E-state index in [0.717, 1.165) is 25.9 Å². The van der Waals surface area contributed by atoms with Crippen molar-refractivity contribution in [2.24, 2.45) is 5.92 Å². The van der Waals surface area contributed by atoms with Gasteiger partial charge in [-0.2, -0.15) is 5.10 Å². The lowest BCUT2D eigenvalue weighted by molar-refractivity contribution is 0.372. The van der Waals surface area contributed by atoms with E-state index in [1.165, 1.54) is 6.07 Å². The zero-order valence-corrected chi connectivity index (χ0v) is 11.2. The molecule has 100 valence electrons. The Hall–Kier alpha value is -1.05. The van der Waals surface area contributed by atoms with Gasteiger partial charge in [-0.25, -0.2) is 13.1 Å². The van der Waals surface area contributed by atoms with Crippen LogP contribution in [0.1, 0.15) is 18.5 Å². The second-order valence-electron chi connectivity index (χ2n) is 4.56. The highest BCUT2D eigenvalue weighted by Gasteiger charge is 2.19. The first-order valence-corrected chi connectivity index (χ1v) is 7.57. The van der Waals surface area contributed by atoms with E-state index in [1.807, 2.05) is 0 Å². The van der Waals surface area contributed by atoms with Gasteiger partial charge in [0, 0.05) is 6.54 Å². The van der Waals surface area contributed by atoms with Crippen LogP contribution in [-0.2, 0) is 10.0 Å². The molecule has 18 heavy (non-hydrogen) atoms. The highest BCUT2D eigenvalue weighted by molar-refractivity contribution is 7.89. The molecule has 2 heterocycles. The van der Waals surface area contributed by atoms with Crippen LogP contribution in [0.25, 0.3) is 0 Å². The summed E-state index contributed by atoms with van der Waals surface area (Å²) in [4.78, 5) is 0. The van der Waals surface area contributed by atoms with Crippen LogP contribution < -0.4 is 10.0 Å². The van der Waals surface area contributed by atoms with Gasteiger partial charge in [0.2, 0.25) is 0 Å². The fraction of sp³-hybridized carbons (Fsp3) is 0.636. The average molecular weight is 270 g/mol. The molecule has 0 bridgehead atoms. The molecule has 0 amide bonds. The second kappa shape index (κ2) is 5.73. The Morgan fingerprint density at radius 1 is 1.33 bits per heavy atom. The van der Waals surface area contributed by atoms with Gasteiger partial charge in [-0.15, -0.1) is 5.10 Å². The molecule has 0 saturated carbocycles. The van der Waals surface area contributed by atoms with Crippen LogP contribution in [0.4, 0.5) is 0 Å². The maximum absolute atomic E-state index is 12.0. The molecule has 0 unspecified atom stereocenters. The minimum Gasteiger partial charge on any atom is -0.317 e. The Balaban J connectivity index is 1.96. The van der Waals surface area contributed by atoms with Crippen molar-refractivity contribution in [1.82, 2.24) is 20.2 Å². The van der Waals surface area contributed by atoms with Crippen molar-refractivity contribution in [3.8, 4) is 0 Å². The Morgan fingerprint density at radius 3 is 2.67 bits per heavy atom. The largest absolute Gasteiger partial charge is 0.317 e. The van der Waals surface area contributed by atoms with Crippen molar-refractivity contribution in [2.75, 3.05) is 19.6 Å². The lowest BCUT2D eigenvalue weighted by atomic mass is 9.99. The van der Waals surface area contributed by atoms with Crippen LogP contribution in [0.15, 0.2) is 17.2 Å². The molecular formula is C11H18N4O2S. The van der Waals surface area contributed by atoms with Crippen molar-refractivity contribution >= 4 is 10.0 Å². The Labute approximate surface area is 107 Å². The summed E-state index contributed by atoms with van der Waals surface area (Å²) in [5.74, 6) is 0.402. The molecule has 0 aromatic carbocycles. The molecule has 0 spiro atoms. The van der Waals surface area contributed by atoms with Gasteiger partial charge in [-0.05, 0) is 50.9 Å². The van der Waals surface area contributed by atoms with Crippen molar-refractivity contribution in [2.45, 2.75) is 24.8 Å². The molecule has 0 atom stereocenters. The first kappa shape index (κ1) is 13.4. The fourth-order valence-corrected chi connectivity index (χ4v) is 2.92. The molecule has 0 radical (unpaired) electrons. The molecule has 1 aliphatic rings. The van der Waals surface area contributed by atoms with Crippen molar-refractivity contribution in [3.05, 3.63) is 17.8 Å². The lowest BCUT2D eigenvalue weighted by Crippen LogP contribution is -2.36. The van der Waals surface area contributed by atoms with Crippen LogP contribution in [-0.4, -0.2) is 38.2 Å². The Kier molecular flexibility index (Phi) is 4.26. The molecule has 7 heteroatoms.